The van der Waals surface area contributed by atoms with Crippen molar-refractivity contribution in [1.82, 2.24) is 10.6 Å². The van der Waals surface area contributed by atoms with Crippen LogP contribution in [0.5, 0.6) is 0 Å². The van der Waals surface area contributed by atoms with E-state index in [4.69, 9.17) is 11.5 Å². The van der Waals surface area contributed by atoms with Crippen molar-refractivity contribution in [2.75, 3.05) is 25.5 Å². The molecule has 8 nitrogen and oxygen atoms in total. The molecule has 0 aliphatic carbocycles. The molecule has 2 atom stereocenters. The van der Waals surface area contributed by atoms with Gasteiger partial charge >= 0.3 is 0 Å². The molecule has 8 heteroatoms. The molecule has 3 amide bonds. The van der Waals surface area contributed by atoms with Gasteiger partial charge in [-0.1, -0.05) is 42.5 Å². The van der Waals surface area contributed by atoms with E-state index in [1.807, 2.05) is 73.6 Å². The molecule has 3 rings (SSSR count). The maximum atomic E-state index is 13.1. The van der Waals surface area contributed by atoms with Crippen molar-refractivity contribution >= 4 is 34.2 Å². The maximum absolute atomic E-state index is 13.1. The van der Waals surface area contributed by atoms with Crippen molar-refractivity contribution in [3.05, 3.63) is 77.9 Å². The maximum Gasteiger partial charge on any atom is 0.251 e. The predicted octanol–water partition coefficient (Wildman–Crippen LogP) is 1.18. The Morgan fingerprint density at radius 2 is 1.55 bits per heavy atom. The topological polar surface area (TPSA) is 131 Å². The number of nitrogens with zero attached hydrogens (tertiary/aromatic N) is 1. The largest absolute Gasteiger partial charge is 0.378 e. The zero-order valence-electron chi connectivity index (χ0n) is 18.7. The van der Waals surface area contributed by atoms with Crippen LogP contribution >= 0.6 is 0 Å². The van der Waals surface area contributed by atoms with Gasteiger partial charge in [0, 0.05) is 38.3 Å². The van der Waals surface area contributed by atoms with Crippen molar-refractivity contribution in [1.29, 1.82) is 0 Å². The van der Waals surface area contributed by atoms with E-state index in [-0.39, 0.29) is 13.0 Å². The molecule has 3 aromatic rings. The van der Waals surface area contributed by atoms with Gasteiger partial charge in [0.2, 0.25) is 11.8 Å². The van der Waals surface area contributed by atoms with Crippen molar-refractivity contribution in [2.24, 2.45) is 11.5 Å². The highest BCUT2D eigenvalue weighted by Crippen LogP contribution is 2.20. The first-order valence-electron chi connectivity index (χ1n) is 10.6. The zero-order chi connectivity index (χ0) is 24.0. The number of nitrogens with two attached hydrogens (primary N) is 2. The van der Waals surface area contributed by atoms with Gasteiger partial charge in [-0.2, -0.15) is 0 Å². The minimum Gasteiger partial charge on any atom is -0.378 e. The third-order valence-electron chi connectivity index (χ3n) is 5.47. The molecular weight excluding hydrogens is 418 g/mol. The monoisotopic (exact) mass is 447 g/mol. The molecule has 0 aliphatic rings. The molecule has 0 unspecified atom stereocenters. The fourth-order valence-electron chi connectivity index (χ4n) is 3.57. The average Bonchev–Trinajstić information content (AvgIpc) is 2.81. The molecule has 33 heavy (non-hydrogen) atoms. The number of carbonyl (C=O) groups excluding carboxylic acids is 3. The third-order valence-corrected chi connectivity index (χ3v) is 5.47. The number of fused-ring (bicyclic) bond motifs is 1. The quantitative estimate of drug-likeness (QED) is 0.391. The summed E-state index contributed by atoms with van der Waals surface area (Å²) < 4.78 is 0. The number of hydrogen-bond donors (Lipinski definition) is 4. The van der Waals surface area contributed by atoms with Crippen molar-refractivity contribution < 1.29 is 14.4 Å². The lowest BCUT2D eigenvalue weighted by Crippen LogP contribution is -2.55. The highest BCUT2D eigenvalue weighted by atomic mass is 16.2. The molecule has 172 valence electrons. The Bertz CT molecular complexity index is 1140. The zero-order valence-corrected chi connectivity index (χ0v) is 18.7. The van der Waals surface area contributed by atoms with Crippen LogP contribution in [-0.2, 0) is 16.0 Å². The Hall–Kier alpha value is -3.91. The molecule has 3 aromatic carbocycles. The van der Waals surface area contributed by atoms with Crippen LogP contribution in [0.3, 0.4) is 0 Å². The van der Waals surface area contributed by atoms with Crippen LogP contribution in [0.4, 0.5) is 5.69 Å². The van der Waals surface area contributed by atoms with Gasteiger partial charge in [0.05, 0.1) is 0 Å². The van der Waals surface area contributed by atoms with Crippen LogP contribution in [0.1, 0.15) is 15.9 Å². The van der Waals surface area contributed by atoms with E-state index in [9.17, 15) is 14.4 Å². The summed E-state index contributed by atoms with van der Waals surface area (Å²) in [5, 5.41) is 7.37. The number of rotatable bonds is 9. The first kappa shape index (κ1) is 23.7. The Labute approximate surface area is 192 Å². The third kappa shape index (κ3) is 5.87. The normalized spacial score (nSPS) is 12.6. The van der Waals surface area contributed by atoms with Gasteiger partial charge in [-0.05, 0) is 40.6 Å². The lowest BCUT2D eigenvalue weighted by molar-refractivity contribution is -0.128. The van der Waals surface area contributed by atoms with Gasteiger partial charge in [0.1, 0.15) is 12.1 Å². The summed E-state index contributed by atoms with van der Waals surface area (Å²) in [6, 6.07) is 18.7. The van der Waals surface area contributed by atoms with Gasteiger partial charge < -0.3 is 27.0 Å². The Kier molecular flexibility index (Phi) is 7.63. The van der Waals surface area contributed by atoms with E-state index in [1.54, 1.807) is 12.1 Å². The summed E-state index contributed by atoms with van der Waals surface area (Å²) >= 11 is 0. The highest BCUT2D eigenvalue weighted by molar-refractivity contribution is 5.99. The summed E-state index contributed by atoms with van der Waals surface area (Å²) in [6.45, 7) is -0.137. The van der Waals surface area contributed by atoms with Gasteiger partial charge in [-0.3, -0.25) is 14.4 Å². The molecule has 0 fully saturated rings. The van der Waals surface area contributed by atoms with E-state index in [0.717, 1.165) is 22.0 Å². The Morgan fingerprint density at radius 3 is 2.18 bits per heavy atom. The minimum absolute atomic E-state index is 0.137. The SMILES string of the molecule is CN(C)c1ccc(C(=O)N[C@@H](Cc2cccc3ccccc23)C(=O)N[C@@H](CN)C(N)=O)cc1. The molecule has 0 saturated heterocycles. The fraction of sp³-hybridized carbons (Fsp3) is 0.240. The molecule has 0 bridgehead atoms. The van der Waals surface area contributed by atoms with Gasteiger partial charge in [0.25, 0.3) is 5.91 Å². The Morgan fingerprint density at radius 1 is 0.879 bits per heavy atom. The van der Waals surface area contributed by atoms with Gasteiger partial charge in [0.15, 0.2) is 0 Å². The summed E-state index contributed by atoms with van der Waals surface area (Å²) in [5.41, 5.74) is 13.2. The molecule has 0 radical (unpaired) electrons. The van der Waals surface area contributed by atoms with Gasteiger partial charge in [-0.25, -0.2) is 0 Å². The van der Waals surface area contributed by atoms with Crippen LogP contribution in [-0.4, -0.2) is 50.4 Å². The number of amides is 3. The molecular formula is C25H29N5O3. The average molecular weight is 448 g/mol. The molecule has 0 heterocycles. The summed E-state index contributed by atoms with van der Waals surface area (Å²) in [5.74, 6) is -1.67. The first-order chi connectivity index (χ1) is 15.8. The fourth-order valence-corrected chi connectivity index (χ4v) is 3.57. The summed E-state index contributed by atoms with van der Waals surface area (Å²) in [7, 11) is 3.82. The molecule has 0 aromatic heterocycles. The second kappa shape index (κ2) is 10.6. The van der Waals surface area contributed by atoms with E-state index in [1.165, 1.54) is 0 Å². The summed E-state index contributed by atoms with van der Waals surface area (Å²) in [4.78, 5) is 39.5. The van der Waals surface area contributed by atoms with E-state index >= 15 is 0 Å². The Balaban J connectivity index is 1.88. The first-order valence-corrected chi connectivity index (χ1v) is 10.6. The number of anilines is 1. The van der Waals surface area contributed by atoms with E-state index in [0.29, 0.717) is 5.56 Å². The lowest BCUT2D eigenvalue weighted by atomic mass is 9.98. The molecule has 0 aliphatic heterocycles. The van der Waals surface area contributed by atoms with E-state index < -0.39 is 29.8 Å². The minimum atomic E-state index is -1.02. The lowest BCUT2D eigenvalue weighted by Gasteiger charge is -2.22. The number of carbonyl (C=O) groups is 3. The van der Waals surface area contributed by atoms with Crippen molar-refractivity contribution in [3.63, 3.8) is 0 Å². The van der Waals surface area contributed by atoms with Gasteiger partial charge in [-0.15, -0.1) is 0 Å². The van der Waals surface area contributed by atoms with Crippen molar-refractivity contribution in [3.8, 4) is 0 Å². The molecule has 0 spiro atoms. The van der Waals surface area contributed by atoms with E-state index in [2.05, 4.69) is 10.6 Å². The van der Waals surface area contributed by atoms with Crippen LogP contribution < -0.4 is 27.0 Å². The van der Waals surface area contributed by atoms with Crippen LogP contribution in [0.2, 0.25) is 0 Å². The standard InChI is InChI=1S/C25H29N5O3/c1-30(2)19-12-10-17(11-13-19)24(32)28-21(25(33)29-22(15-26)23(27)31)14-18-8-5-7-16-6-3-4-9-20(16)18/h3-13,21-22H,14-15,26H2,1-2H3,(H2,27,31)(H,28,32)(H,29,33)/t21-,22-/m0/s1. The smallest absolute Gasteiger partial charge is 0.251 e. The number of benzene rings is 3. The number of primary amides is 1. The predicted molar refractivity (Wildman–Crippen MR) is 130 cm³/mol. The molecule has 6 N–H and O–H groups in total. The second-order valence-corrected chi connectivity index (χ2v) is 8.01. The summed E-state index contributed by atoms with van der Waals surface area (Å²) in [6.07, 6.45) is 0.227. The van der Waals surface area contributed by atoms with Crippen LogP contribution in [0.15, 0.2) is 66.7 Å². The second-order valence-electron chi connectivity index (χ2n) is 8.01. The molecule has 0 saturated carbocycles. The number of nitrogens with one attached hydrogen (secondary N) is 2. The number of hydrogen-bond acceptors (Lipinski definition) is 5. The van der Waals surface area contributed by atoms with Crippen molar-refractivity contribution in [2.45, 2.75) is 18.5 Å². The van der Waals surface area contributed by atoms with Crippen LogP contribution in [0.25, 0.3) is 10.8 Å². The highest BCUT2D eigenvalue weighted by Gasteiger charge is 2.26. The van der Waals surface area contributed by atoms with Crippen LogP contribution in [0, 0.1) is 0 Å².